The van der Waals surface area contributed by atoms with Gasteiger partial charge in [-0.15, -0.1) is 0 Å². The minimum Gasteiger partial charge on any atom is -0.444 e. The molecule has 0 aliphatic carbocycles. The summed E-state index contributed by atoms with van der Waals surface area (Å²) in [4.78, 5) is 43.2. The largest absolute Gasteiger partial charge is 0.444 e. The Morgan fingerprint density at radius 1 is 1.29 bits per heavy atom. The molecule has 2 N–H and O–H groups in total. The van der Waals surface area contributed by atoms with E-state index >= 15 is 0 Å². The highest BCUT2D eigenvalue weighted by atomic mass is 19.1. The van der Waals surface area contributed by atoms with E-state index in [0.29, 0.717) is 31.1 Å². The second-order valence-electron chi connectivity index (χ2n) is 8.95. The molecule has 5 rings (SSSR count). The first-order chi connectivity index (χ1) is 18.3. The van der Waals surface area contributed by atoms with Gasteiger partial charge in [-0.05, 0) is 34.8 Å². The summed E-state index contributed by atoms with van der Waals surface area (Å²) >= 11 is 0. The summed E-state index contributed by atoms with van der Waals surface area (Å²) in [5.74, 6) is -1.02. The number of ether oxygens (including phenoxy) is 2. The molecule has 198 valence electrons. The lowest BCUT2D eigenvalue weighted by Gasteiger charge is -2.23. The van der Waals surface area contributed by atoms with Gasteiger partial charge < -0.3 is 30.2 Å². The number of carbonyl (C=O) groups excluding carboxylic acids is 2. The first-order valence-electron chi connectivity index (χ1n) is 11.8. The molecule has 1 aromatic carbocycles. The molecule has 0 saturated carbocycles. The molecule has 0 radical (unpaired) electrons. The number of hydrogen-bond donors (Lipinski definition) is 2. The molecule has 3 aromatic rings. The normalized spacial score (nSPS) is 18.5. The lowest BCUT2D eigenvalue weighted by molar-refractivity contribution is -0.389. The van der Waals surface area contributed by atoms with Gasteiger partial charge in [0.25, 0.3) is 0 Å². The Morgan fingerprint density at radius 2 is 2.13 bits per heavy atom. The van der Waals surface area contributed by atoms with Crippen LogP contribution in [0.3, 0.4) is 0 Å². The van der Waals surface area contributed by atoms with Gasteiger partial charge in [0.05, 0.1) is 30.5 Å². The zero-order valence-corrected chi connectivity index (χ0v) is 20.3. The zero-order chi connectivity index (χ0) is 26.8. The van der Waals surface area contributed by atoms with Gasteiger partial charge in [-0.25, -0.2) is 9.18 Å². The standard InChI is InChI=1S/C24H24FN7O6/c1-14(33)26-9-18-11-31(24(34)38-18)17-3-4-19(20(25)6-17)21-5-2-15(8-28-21)7-27-16-10-30-12-22(32(35)36)29-23(30)37-13-16/h2-6,8,12,16,18,27H,7,9-11,13H2,1H3,(H,26,33)/t16-,18+/m1/s1. The number of pyridine rings is 1. The Morgan fingerprint density at radius 3 is 2.84 bits per heavy atom. The van der Waals surface area contributed by atoms with Crippen molar-refractivity contribution in [2.24, 2.45) is 0 Å². The van der Waals surface area contributed by atoms with E-state index in [2.05, 4.69) is 20.6 Å². The van der Waals surface area contributed by atoms with Crippen LogP contribution in [-0.2, 0) is 22.6 Å². The number of rotatable bonds is 8. The Kier molecular flexibility index (Phi) is 6.87. The Bertz CT molecular complexity index is 1380. The number of cyclic esters (lactones) is 1. The van der Waals surface area contributed by atoms with Crippen LogP contribution in [0.5, 0.6) is 6.01 Å². The quantitative estimate of drug-likeness (QED) is 0.332. The maximum absolute atomic E-state index is 15.0. The number of aromatic nitrogens is 3. The van der Waals surface area contributed by atoms with Gasteiger partial charge in [0.2, 0.25) is 5.91 Å². The third-order valence-electron chi connectivity index (χ3n) is 6.16. The van der Waals surface area contributed by atoms with E-state index in [4.69, 9.17) is 9.47 Å². The topological polar surface area (TPSA) is 154 Å². The van der Waals surface area contributed by atoms with Crippen molar-refractivity contribution in [1.82, 2.24) is 25.2 Å². The van der Waals surface area contributed by atoms with Gasteiger partial charge in [0.15, 0.2) is 0 Å². The van der Waals surface area contributed by atoms with E-state index in [1.165, 1.54) is 24.1 Å². The van der Waals surface area contributed by atoms with Crippen molar-refractivity contribution in [1.29, 1.82) is 0 Å². The fraction of sp³-hybridized carbons (Fsp3) is 0.333. The summed E-state index contributed by atoms with van der Waals surface area (Å²) in [6, 6.07) is 8.10. The fourth-order valence-electron chi connectivity index (χ4n) is 4.23. The van der Waals surface area contributed by atoms with Gasteiger partial charge in [0, 0.05) is 36.8 Å². The first-order valence-corrected chi connectivity index (χ1v) is 11.8. The van der Waals surface area contributed by atoms with Crippen molar-refractivity contribution in [3.05, 3.63) is 64.2 Å². The highest BCUT2D eigenvalue weighted by molar-refractivity contribution is 5.90. The maximum Gasteiger partial charge on any atom is 0.414 e. The van der Waals surface area contributed by atoms with Crippen LogP contribution in [0.2, 0.25) is 0 Å². The molecule has 13 nitrogen and oxygen atoms in total. The number of carbonyl (C=O) groups is 2. The van der Waals surface area contributed by atoms with Crippen LogP contribution in [0.25, 0.3) is 11.3 Å². The second-order valence-corrected chi connectivity index (χ2v) is 8.95. The number of nitro groups is 1. The number of amides is 2. The summed E-state index contributed by atoms with van der Waals surface area (Å²) in [5.41, 5.74) is 1.92. The molecule has 0 bridgehead atoms. The predicted molar refractivity (Wildman–Crippen MR) is 131 cm³/mol. The molecule has 0 spiro atoms. The van der Waals surface area contributed by atoms with E-state index in [1.54, 1.807) is 29.0 Å². The van der Waals surface area contributed by atoms with Gasteiger partial charge in [-0.1, -0.05) is 6.07 Å². The van der Waals surface area contributed by atoms with Gasteiger partial charge >= 0.3 is 17.9 Å². The smallest absolute Gasteiger partial charge is 0.414 e. The number of halogens is 1. The third kappa shape index (κ3) is 5.39. The van der Waals surface area contributed by atoms with E-state index in [1.807, 2.05) is 6.07 Å². The SMILES string of the molecule is CC(=O)NC[C@H]1CN(c2ccc(-c3ccc(CN[C@H]4COc5nc([N+](=O)[O-])cn5C4)cn3)c(F)c2)C(=O)O1. The van der Waals surface area contributed by atoms with E-state index in [-0.39, 0.29) is 42.4 Å². The summed E-state index contributed by atoms with van der Waals surface area (Å²) < 4.78 is 27.3. The minimum absolute atomic E-state index is 0.0870. The summed E-state index contributed by atoms with van der Waals surface area (Å²) in [5, 5.41) is 16.8. The third-order valence-corrected chi connectivity index (χ3v) is 6.16. The maximum atomic E-state index is 15.0. The Labute approximate surface area is 215 Å². The van der Waals surface area contributed by atoms with E-state index < -0.39 is 22.9 Å². The van der Waals surface area contributed by atoms with E-state index in [9.17, 15) is 24.1 Å². The van der Waals surface area contributed by atoms with Gasteiger partial charge in [0.1, 0.15) is 24.7 Å². The summed E-state index contributed by atoms with van der Waals surface area (Å²) in [7, 11) is 0. The Balaban J connectivity index is 1.18. The molecule has 2 amide bonds. The fourth-order valence-corrected chi connectivity index (χ4v) is 4.23. The predicted octanol–water partition coefficient (Wildman–Crippen LogP) is 2.00. The minimum atomic E-state index is -0.603. The van der Waals surface area contributed by atoms with Crippen LogP contribution < -0.4 is 20.3 Å². The molecule has 1 fully saturated rings. The van der Waals surface area contributed by atoms with Gasteiger partial charge in [-0.3, -0.25) is 19.2 Å². The number of hydrogen-bond acceptors (Lipinski definition) is 9. The summed E-state index contributed by atoms with van der Waals surface area (Å²) in [6.45, 7) is 3.01. The average Bonchev–Trinajstić information content (AvgIpc) is 3.49. The molecule has 2 atom stereocenters. The molecule has 1 saturated heterocycles. The molecule has 2 aliphatic heterocycles. The van der Waals surface area contributed by atoms with Crippen LogP contribution in [0.4, 0.5) is 20.7 Å². The number of imidazole rings is 1. The molecule has 14 heteroatoms. The van der Waals surface area contributed by atoms with Crippen molar-refractivity contribution in [3.8, 4) is 17.3 Å². The van der Waals surface area contributed by atoms with Crippen molar-refractivity contribution in [3.63, 3.8) is 0 Å². The molecular formula is C24H24FN7O6. The van der Waals surface area contributed by atoms with Crippen molar-refractivity contribution in [2.45, 2.75) is 32.2 Å². The molecule has 0 unspecified atom stereocenters. The molecule has 2 aromatic heterocycles. The van der Waals surface area contributed by atoms with Crippen LogP contribution in [0.15, 0.2) is 42.7 Å². The first kappa shape index (κ1) is 25.1. The van der Waals surface area contributed by atoms with E-state index in [0.717, 1.165) is 5.56 Å². The number of nitrogens with zero attached hydrogens (tertiary/aromatic N) is 5. The van der Waals surface area contributed by atoms with Crippen LogP contribution in [0.1, 0.15) is 12.5 Å². The summed E-state index contributed by atoms with van der Waals surface area (Å²) in [6.07, 6.45) is 1.86. The van der Waals surface area contributed by atoms with Crippen molar-refractivity contribution >= 4 is 23.5 Å². The molecule has 38 heavy (non-hydrogen) atoms. The zero-order valence-electron chi connectivity index (χ0n) is 20.3. The number of anilines is 1. The molecular weight excluding hydrogens is 501 g/mol. The van der Waals surface area contributed by atoms with Crippen LogP contribution in [-0.4, -0.2) is 63.3 Å². The molecule has 4 heterocycles. The van der Waals surface area contributed by atoms with Crippen LogP contribution >= 0.6 is 0 Å². The molecule has 2 aliphatic rings. The highest BCUT2D eigenvalue weighted by Crippen LogP contribution is 2.28. The lowest BCUT2D eigenvalue weighted by Crippen LogP contribution is -2.41. The van der Waals surface area contributed by atoms with Crippen LogP contribution in [0, 0.1) is 15.9 Å². The number of nitrogens with one attached hydrogen (secondary N) is 2. The number of benzene rings is 1. The lowest BCUT2D eigenvalue weighted by atomic mass is 10.1. The van der Waals surface area contributed by atoms with Gasteiger partial charge in [-0.2, -0.15) is 0 Å². The highest BCUT2D eigenvalue weighted by Gasteiger charge is 2.33. The number of fused-ring (bicyclic) bond motifs is 1. The second kappa shape index (κ2) is 10.4. The van der Waals surface area contributed by atoms with Crippen molar-refractivity contribution < 1.29 is 28.4 Å². The average molecular weight is 525 g/mol. The van der Waals surface area contributed by atoms with Crippen molar-refractivity contribution in [2.75, 3.05) is 24.6 Å². The monoisotopic (exact) mass is 525 g/mol. The Hall–Kier alpha value is -4.59.